The molecule has 0 aliphatic rings. The first-order valence-corrected chi connectivity index (χ1v) is 10.5. The molecule has 27 heavy (non-hydrogen) atoms. The van der Waals surface area contributed by atoms with Gasteiger partial charge in [-0.05, 0) is 56.9 Å². The van der Waals surface area contributed by atoms with Crippen LogP contribution in [0.2, 0.25) is 0 Å². The SMILES string of the molecule is CCc1c(C)sc2nc(SC(C)C(N)=O)n(-c3cc(C)ccc3C)c(=O)c12. The average Bonchev–Trinajstić information content (AvgIpc) is 2.93. The van der Waals surface area contributed by atoms with Crippen molar-refractivity contribution in [2.45, 2.75) is 51.4 Å². The van der Waals surface area contributed by atoms with E-state index in [1.165, 1.54) is 23.1 Å². The van der Waals surface area contributed by atoms with Crippen LogP contribution >= 0.6 is 23.1 Å². The lowest BCUT2D eigenvalue weighted by atomic mass is 10.1. The fourth-order valence-electron chi connectivity index (χ4n) is 3.09. The monoisotopic (exact) mass is 401 g/mol. The molecule has 0 radical (unpaired) electrons. The van der Waals surface area contributed by atoms with E-state index < -0.39 is 11.2 Å². The van der Waals surface area contributed by atoms with Crippen LogP contribution in [0, 0.1) is 20.8 Å². The van der Waals surface area contributed by atoms with Crippen molar-refractivity contribution >= 4 is 39.2 Å². The van der Waals surface area contributed by atoms with Gasteiger partial charge in [0.25, 0.3) is 5.56 Å². The maximum absolute atomic E-state index is 13.6. The largest absolute Gasteiger partial charge is 0.369 e. The van der Waals surface area contributed by atoms with Crippen LogP contribution in [0.1, 0.15) is 35.4 Å². The van der Waals surface area contributed by atoms with Gasteiger partial charge in [0, 0.05) is 4.88 Å². The summed E-state index contributed by atoms with van der Waals surface area (Å²) in [5, 5.41) is 0.686. The topological polar surface area (TPSA) is 78.0 Å². The third-order valence-corrected chi connectivity index (χ3v) is 6.75. The standard InChI is InChI=1S/C20H23N3O2S2/c1-6-14-12(4)26-18-16(14)19(25)23(15-9-10(2)7-8-11(15)3)20(22-18)27-13(5)17(21)24/h7-9,13H,6H2,1-5H3,(H2,21,24). The fourth-order valence-corrected chi connectivity index (χ4v) is 5.12. The highest BCUT2D eigenvalue weighted by Crippen LogP contribution is 2.32. The van der Waals surface area contributed by atoms with Crippen molar-refractivity contribution in [3.05, 3.63) is 50.1 Å². The summed E-state index contributed by atoms with van der Waals surface area (Å²) in [5.74, 6) is -0.432. The van der Waals surface area contributed by atoms with Gasteiger partial charge in [0.05, 0.1) is 16.3 Å². The zero-order chi connectivity index (χ0) is 19.9. The Balaban J connectivity index is 2.40. The van der Waals surface area contributed by atoms with E-state index in [9.17, 15) is 9.59 Å². The summed E-state index contributed by atoms with van der Waals surface area (Å²) < 4.78 is 1.64. The fraction of sp³-hybridized carbons (Fsp3) is 0.350. The molecule has 0 saturated carbocycles. The lowest BCUT2D eigenvalue weighted by Crippen LogP contribution is -2.27. The van der Waals surface area contributed by atoms with Gasteiger partial charge in [-0.3, -0.25) is 14.2 Å². The number of carbonyl (C=O) groups is 1. The summed E-state index contributed by atoms with van der Waals surface area (Å²) in [6, 6.07) is 5.99. The molecular weight excluding hydrogens is 378 g/mol. The van der Waals surface area contributed by atoms with Crippen molar-refractivity contribution < 1.29 is 4.79 Å². The van der Waals surface area contributed by atoms with E-state index in [0.29, 0.717) is 10.5 Å². The molecule has 7 heteroatoms. The molecule has 5 nitrogen and oxygen atoms in total. The Morgan fingerprint density at radius 2 is 2.04 bits per heavy atom. The lowest BCUT2D eigenvalue weighted by Gasteiger charge is -2.16. The van der Waals surface area contributed by atoms with Crippen molar-refractivity contribution in [3.63, 3.8) is 0 Å². The highest BCUT2D eigenvalue weighted by Gasteiger charge is 2.22. The molecule has 0 fully saturated rings. The van der Waals surface area contributed by atoms with Crippen LogP contribution < -0.4 is 11.3 Å². The third kappa shape index (κ3) is 3.53. The number of benzene rings is 1. The molecule has 1 amide bonds. The number of aromatic nitrogens is 2. The molecule has 2 N–H and O–H groups in total. The normalized spacial score (nSPS) is 12.5. The molecule has 1 aromatic carbocycles. The number of carbonyl (C=O) groups excluding carboxylic acids is 1. The molecule has 2 aromatic heterocycles. The van der Waals surface area contributed by atoms with Gasteiger partial charge in [0.1, 0.15) is 4.83 Å². The first-order valence-electron chi connectivity index (χ1n) is 8.83. The number of nitrogens with zero attached hydrogens (tertiary/aromatic N) is 2. The van der Waals surface area contributed by atoms with E-state index in [1.54, 1.807) is 11.5 Å². The first-order chi connectivity index (χ1) is 12.7. The number of nitrogens with two attached hydrogens (primary N) is 1. The second kappa shape index (κ2) is 7.48. The van der Waals surface area contributed by atoms with Crippen molar-refractivity contribution in [2.24, 2.45) is 5.73 Å². The average molecular weight is 402 g/mol. The number of hydrogen-bond donors (Lipinski definition) is 1. The van der Waals surface area contributed by atoms with Gasteiger partial charge < -0.3 is 5.73 Å². The minimum Gasteiger partial charge on any atom is -0.369 e. The van der Waals surface area contributed by atoms with Crippen LogP contribution in [0.3, 0.4) is 0 Å². The number of fused-ring (bicyclic) bond motifs is 1. The maximum atomic E-state index is 13.6. The highest BCUT2D eigenvalue weighted by atomic mass is 32.2. The molecule has 0 aliphatic carbocycles. The second-order valence-corrected chi connectivity index (χ2v) is 9.17. The van der Waals surface area contributed by atoms with Gasteiger partial charge in [-0.1, -0.05) is 30.8 Å². The quantitative estimate of drug-likeness (QED) is 0.519. The summed E-state index contributed by atoms with van der Waals surface area (Å²) in [7, 11) is 0. The van der Waals surface area contributed by atoms with Gasteiger partial charge in [-0.15, -0.1) is 11.3 Å². The molecule has 142 valence electrons. The van der Waals surface area contributed by atoms with Gasteiger partial charge >= 0.3 is 0 Å². The lowest BCUT2D eigenvalue weighted by molar-refractivity contribution is -0.117. The number of rotatable bonds is 5. The molecular formula is C20H23N3O2S2. The number of amides is 1. The number of thiophene rings is 1. The molecule has 0 aliphatic heterocycles. The van der Waals surface area contributed by atoms with E-state index in [-0.39, 0.29) is 5.56 Å². The molecule has 2 heterocycles. The zero-order valence-electron chi connectivity index (χ0n) is 16.1. The highest BCUT2D eigenvalue weighted by molar-refractivity contribution is 8.00. The Labute approximate surface area is 166 Å². The Hall–Kier alpha value is -2.12. The number of hydrogen-bond acceptors (Lipinski definition) is 5. The minimum atomic E-state index is -0.488. The van der Waals surface area contributed by atoms with E-state index in [4.69, 9.17) is 10.7 Å². The van der Waals surface area contributed by atoms with Crippen LogP contribution in [0.15, 0.2) is 28.2 Å². The zero-order valence-corrected chi connectivity index (χ0v) is 17.8. The predicted octanol–water partition coefficient (Wildman–Crippen LogP) is 3.90. The molecule has 1 atom stereocenters. The van der Waals surface area contributed by atoms with Crippen LogP contribution in [-0.2, 0) is 11.2 Å². The Bertz CT molecular complexity index is 1100. The first kappa shape index (κ1) is 19.6. The summed E-state index contributed by atoms with van der Waals surface area (Å²) in [4.78, 5) is 31.8. The van der Waals surface area contributed by atoms with E-state index in [2.05, 4.69) is 0 Å². The summed E-state index contributed by atoms with van der Waals surface area (Å²) in [6.07, 6.45) is 0.778. The van der Waals surface area contributed by atoms with Crippen LogP contribution in [0.25, 0.3) is 15.9 Å². The predicted molar refractivity (Wildman–Crippen MR) is 113 cm³/mol. The van der Waals surface area contributed by atoms with E-state index in [0.717, 1.165) is 38.5 Å². The molecule has 0 bridgehead atoms. The molecule has 3 rings (SSSR count). The van der Waals surface area contributed by atoms with E-state index in [1.807, 2.05) is 45.9 Å². The third-order valence-electron chi connectivity index (χ3n) is 4.64. The Morgan fingerprint density at radius 3 is 2.67 bits per heavy atom. The number of primary amides is 1. The molecule has 1 unspecified atom stereocenters. The minimum absolute atomic E-state index is 0.0888. The summed E-state index contributed by atoms with van der Waals surface area (Å²) in [6.45, 7) is 9.76. The van der Waals surface area contributed by atoms with Crippen LogP contribution in [0.4, 0.5) is 0 Å². The van der Waals surface area contributed by atoms with Crippen molar-refractivity contribution in [1.82, 2.24) is 9.55 Å². The number of thioether (sulfide) groups is 1. The van der Waals surface area contributed by atoms with Crippen molar-refractivity contribution in [3.8, 4) is 5.69 Å². The van der Waals surface area contributed by atoms with Gasteiger partial charge in [-0.25, -0.2) is 4.98 Å². The molecule has 0 saturated heterocycles. The Morgan fingerprint density at radius 1 is 1.33 bits per heavy atom. The van der Waals surface area contributed by atoms with Crippen LogP contribution in [-0.4, -0.2) is 20.7 Å². The van der Waals surface area contributed by atoms with Crippen molar-refractivity contribution in [1.29, 1.82) is 0 Å². The van der Waals surface area contributed by atoms with E-state index >= 15 is 0 Å². The van der Waals surface area contributed by atoms with Gasteiger partial charge in [-0.2, -0.15) is 0 Å². The Kier molecular flexibility index (Phi) is 5.44. The maximum Gasteiger partial charge on any atom is 0.267 e. The summed E-state index contributed by atoms with van der Waals surface area (Å²) >= 11 is 2.75. The van der Waals surface area contributed by atoms with Crippen LogP contribution in [0.5, 0.6) is 0 Å². The van der Waals surface area contributed by atoms with Gasteiger partial charge in [0.15, 0.2) is 5.16 Å². The summed E-state index contributed by atoms with van der Waals surface area (Å²) in [5.41, 5.74) is 9.23. The number of aryl methyl sites for hydroxylation is 4. The molecule has 3 aromatic rings. The smallest absolute Gasteiger partial charge is 0.267 e. The second-order valence-electron chi connectivity index (χ2n) is 6.66. The van der Waals surface area contributed by atoms with Crippen molar-refractivity contribution in [2.75, 3.05) is 0 Å². The molecule has 0 spiro atoms. The van der Waals surface area contributed by atoms with Gasteiger partial charge in [0.2, 0.25) is 5.91 Å².